The molecule has 0 saturated carbocycles. The van der Waals surface area contributed by atoms with Crippen molar-refractivity contribution in [3.63, 3.8) is 0 Å². The van der Waals surface area contributed by atoms with Crippen molar-refractivity contribution in [3.05, 3.63) is 12.2 Å². The Bertz CT molecular complexity index is 695. The number of aliphatic hydroxyl groups excluding tert-OH is 1. The van der Waals surface area contributed by atoms with Crippen LogP contribution in [0.25, 0.3) is 0 Å². The largest absolute Gasteiger partial charge is 0.756 e. The Morgan fingerprint density at radius 1 is 1.00 bits per heavy atom. The van der Waals surface area contributed by atoms with E-state index in [-0.39, 0.29) is 18.8 Å². The predicted octanol–water partition coefficient (Wildman–Crippen LogP) is 5.44. The predicted molar refractivity (Wildman–Crippen MR) is 161 cm³/mol. The molecule has 0 aromatic rings. The summed E-state index contributed by atoms with van der Waals surface area (Å²) in [6, 6.07) is -0.754. The Labute approximate surface area is 239 Å². The van der Waals surface area contributed by atoms with Gasteiger partial charge in [0.1, 0.15) is 13.2 Å². The van der Waals surface area contributed by atoms with Gasteiger partial charge < -0.3 is 34.2 Å². The van der Waals surface area contributed by atoms with Crippen LogP contribution in [0.2, 0.25) is 0 Å². The molecule has 0 bridgehead atoms. The van der Waals surface area contributed by atoms with E-state index >= 15 is 0 Å². The molecule has 8 nitrogen and oxygen atoms in total. The zero-order valence-electron chi connectivity index (χ0n) is 25.3. The normalized spacial score (nSPS) is 15.8. The topological polar surface area (TPSA) is 103 Å². The van der Waals surface area contributed by atoms with E-state index in [4.69, 9.17) is 21.3 Å². The van der Waals surface area contributed by atoms with Crippen LogP contribution in [0.15, 0.2) is 12.2 Å². The van der Waals surface area contributed by atoms with Gasteiger partial charge in [-0.05, 0) is 45.8 Å². The van der Waals surface area contributed by atoms with Gasteiger partial charge in [0.15, 0.2) is 5.11 Å². The van der Waals surface area contributed by atoms with E-state index in [1.165, 1.54) is 64.2 Å². The number of phosphoric ester groups is 1. The van der Waals surface area contributed by atoms with Crippen LogP contribution in [0.3, 0.4) is 0 Å². The molecule has 0 fully saturated rings. The Morgan fingerprint density at radius 2 is 1.53 bits per heavy atom. The highest BCUT2D eigenvalue weighted by Gasteiger charge is 2.23. The van der Waals surface area contributed by atoms with E-state index in [1.807, 2.05) is 48.0 Å². The Morgan fingerprint density at radius 3 is 2.03 bits per heavy atom. The SMILES string of the molecule is CCCCCCCCCCCCC/C=C/[C@H](O)[C@@H](COP(=O)([O-])OCC[N+](C)(C)C)NC(=S)NC(C)(C)C. The number of rotatable bonds is 22. The highest BCUT2D eigenvalue weighted by atomic mass is 32.1. The smallest absolute Gasteiger partial charge is 0.268 e. The summed E-state index contributed by atoms with van der Waals surface area (Å²) >= 11 is 5.36. The molecule has 3 N–H and O–H groups in total. The van der Waals surface area contributed by atoms with Crippen LogP contribution in [0, 0.1) is 0 Å². The van der Waals surface area contributed by atoms with Crippen molar-refractivity contribution < 1.29 is 28.1 Å². The van der Waals surface area contributed by atoms with Crippen LogP contribution in [-0.4, -0.2) is 73.3 Å². The second-order valence-corrected chi connectivity index (χ2v) is 14.1. The van der Waals surface area contributed by atoms with Crippen LogP contribution in [0.4, 0.5) is 0 Å². The minimum atomic E-state index is -4.52. The highest BCUT2D eigenvalue weighted by Crippen LogP contribution is 2.38. The maximum atomic E-state index is 12.2. The third-order valence-corrected chi connectivity index (χ3v) is 7.13. The molecule has 3 atom stereocenters. The summed E-state index contributed by atoms with van der Waals surface area (Å²) < 4.78 is 22.9. The number of nitrogens with one attached hydrogen (secondary N) is 2. The van der Waals surface area contributed by atoms with Gasteiger partial charge >= 0.3 is 0 Å². The first kappa shape index (κ1) is 37.5. The minimum absolute atomic E-state index is 0.0216. The fourth-order valence-corrected chi connectivity index (χ4v) is 4.88. The fraction of sp³-hybridized carbons (Fsp3) is 0.893. The molecule has 0 aromatic heterocycles. The molecule has 0 aromatic carbocycles. The first-order valence-corrected chi connectivity index (χ1v) is 16.4. The molecule has 0 spiro atoms. The molecule has 0 radical (unpaired) electrons. The summed E-state index contributed by atoms with van der Waals surface area (Å²) in [6.07, 6.45) is 17.7. The number of hydrogen-bond donors (Lipinski definition) is 3. The minimum Gasteiger partial charge on any atom is -0.756 e. The number of phosphoric acid groups is 1. The summed E-state index contributed by atoms with van der Waals surface area (Å²) in [5, 5.41) is 17.2. The van der Waals surface area contributed by atoms with Gasteiger partial charge in [0.05, 0.1) is 39.9 Å². The third-order valence-electron chi connectivity index (χ3n) is 5.95. The zero-order chi connectivity index (χ0) is 29.1. The lowest BCUT2D eigenvalue weighted by molar-refractivity contribution is -0.870. The lowest BCUT2D eigenvalue weighted by Crippen LogP contribution is -2.53. The number of quaternary nitrogens is 1. The van der Waals surface area contributed by atoms with Gasteiger partial charge in [0.2, 0.25) is 0 Å². The lowest BCUT2D eigenvalue weighted by atomic mass is 10.0. The molecule has 10 heteroatoms. The van der Waals surface area contributed by atoms with Crippen molar-refractivity contribution in [1.29, 1.82) is 0 Å². The standard InChI is InChI=1S/C28H58N3O5PS/c1-8-9-10-11-12-13-14-15-16-17-18-19-20-21-26(32)25(29-27(38)30-28(2,3)4)24-36-37(33,34)35-23-22-31(5,6)7/h20-21,25-26,32H,8-19,22-24H2,1-7H3,(H2-,29,30,33,34,38)/b21-20+/t25-,26+/m1/s1. The van der Waals surface area contributed by atoms with Gasteiger partial charge in [0, 0.05) is 5.54 Å². The van der Waals surface area contributed by atoms with Crippen LogP contribution < -0.4 is 15.5 Å². The first-order chi connectivity index (χ1) is 17.7. The summed E-state index contributed by atoms with van der Waals surface area (Å²) in [6.45, 7) is 8.37. The molecule has 0 saturated heterocycles. The molecule has 0 heterocycles. The molecule has 0 amide bonds. The number of thiocarbonyl (C=S) groups is 1. The van der Waals surface area contributed by atoms with Gasteiger partial charge in [-0.25, -0.2) is 0 Å². The molecule has 0 rings (SSSR count). The Kier molecular flexibility index (Phi) is 20.1. The van der Waals surface area contributed by atoms with Crippen LogP contribution >= 0.6 is 20.0 Å². The van der Waals surface area contributed by atoms with E-state index in [0.29, 0.717) is 16.1 Å². The molecule has 226 valence electrons. The third kappa shape index (κ3) is 24.5. The van der Waals surface area contributed by atoms with E-state index in [1.54, 1.807) is 6.08 Å². The van der Waals surface area contributed by atoms with E-state index in [0.717, 1.165) is 12.8 Å². The van der Waals surface area contributed by atoms with Crippen LogP contribution in [0.5, 0.6) is 0 Å². The number of nitrogens with zero attached hydrogens (tertiary/aromatic N) is 1. The zero-order valence-corrected chi connectivity index (χ0v) is 27.0. The number of unbranched alkanes of at least 4 members (excludes halogenated alkanes) is 11. The van der Waals surface area contributed by atoms with Crippen molar-refractivity contribution >= 4 is 25.2 Å². The van der Waals surface area contributed by atoms with Crippen molar-refractivity contribution in [3.8, 4) is 0 Å². The average Bonchev–Trinajstić information content (AvgIpc) is 2.77. The van der Waals surface area contributed by atoms with Crippen LogP contribution in [-0.2, 0) is 13.6 Å². The Balaban J connectivity index is 4.56. The van der Waals surface area contributed by atoms with Crippen molar-refractivity contribution in [2.24, 2.45) is 0 Å². The van der Waals surface area contributed by atoms with E-state index < -0.39 is 20.0 Å². The van der Waals surface area contributed by atoms with Crippen LogP contribution in [0.1, 0.15) is 105 Å². The lowest BCUT2D eigenvalue weighted by Gasteiger charge is -2.31. The highest BCUT2D eigenvalue weighted by molar-refractivity contribution is 7.80. The second-order valence-electron chi connectivity index (χ2n) is 12.3. The maximum Gasteiger partial charge on any atom is 0.268 e. The monoisotopic (exact) mass is 579 g/mol. The molecular formula is C28H58N3O5PS. The molecule has 0 aliphatic heterocycles. The average molecular weight is 580 g/mol. The van der Waals surface area contributed by atoms with Gasteiger partial charge in [-0.3, -0.25) is 4.57 Å². The van der Waals surface area contributed by atoms with Crippen molar-refractivity contribution in [2.75, 3.05) is 40.9 Å². The molecule has 0 aliphatic rings. The Hall–Kier alpha value is -0.540. The van der Waals surface area contributed by atoms with E-state index in [2.05, 4.69) is 17.6 Å². The van der Waals surface area contributed by atoms with Crippen molar-refractivity contribution in [2.45, 2.75) is 122 Å². The summed E-state index contributed by atoms with van der Waals surface area (Å²) in [5.74, 6) is 0. The van der Waals surface area contributed by atoms with Gasteiger partial charge in [0.25, 0.3) is 7.82 Å². The number of aliphatic hydroxyl groups is 1. The molecule has 38 heavy (non-hydrogen) atoms. The molecule has 1 unspecified atom stereocenters. The second kappa shape index (κ2) is 20.4. The van der Waals surface area contributed by atoms with Gasteiger partial charge in [-0.15, -0.1) is 0 Å². The number of allylic oxidation sites excluding steroid dienone is 1. The van der Waals surface area contributed by atoms with Gasteiger partial charge in [-0.1, -0.05) is 83.3 Å². The summed E-state index contributed by atoms with van der Waals surface area (Å²) in [5.41, 5.74) is -0.284. The number of likely N-dealkylation sites (N-methyl/N-ethyl adjacent to an activating group) is 1. The summed E-state index contributed by atoms with van der Waals surface area (Å²) in [7, 11) is 1.32. The maximum absolute atomic E-state index is 12.2. The van der Waals surface area contributed by atoms with Crippen molar-refractivity contribution in [1.82, 2.24) is 10.6 Å². The van der Waals surface area contributed by atoms with E-state index in [9.17, 15) is 14.6 Å². The number of hydrogen-bond acceptors (Lipinski definition) is 6. The quantitative estimate of drug-likeness (QED) is 0.0512. The van der Waals surface area contributed by atoms with Gasteiger partial charge in [-0.2, -0.15) is 0 Å². The fourth-order valence-electron chi connectivity index (χ4n) is 3.70. The molecular weight excluding hydrogens is 521 g/mol. The molecule has 0 aliphatic carbocycles. The first-order valence-electron chi connectivity index (χ1n) is 14.5. The summed E-state index contributed by atoms with van der Waals surface area (Å²) in [4.78, 5) is 12.2.